The van der Waals surface area contributed by atoms with Crippen LogP contribution >= 0.6 is 35.3 Å². The summed E-state index contributed by atoms with van der Waals surface area (Å²) in [6.07, 6.45) is -4.03. The van der Waals surface area contributed by atoms with Crippen LogP contribution in [0.15, 0.2) is 28.6 Å². The van der Waals surface area contributed by atoms with Gasteiger partial charge in [-0.05, 0) is 17.7 Å². The van der Waals surface area contributed by atoms with Gasteiger partial charge in [-0.15, -0.1) is 35.3 Å². The van der Waals surface area contributed by atoms with Crippen LogP contribution in [0.1, 0.15) is 16.3 Å². The molecule has 0 atom stereocenters. The second-order valence-corrected chi connectivity index (χ2v) is 6.36. The standard InChI is InChI=1S/C17H21F3N4O2S.HI/c1-21-16(22-7-6-15-24-14(10-27-15)17(18,19)20)23-9-11-4-5-12(25-2)13(8-11)26-3;/h4-5,8,10H,6-7,9H2,1-3H3,(H2,21,22,23);1H. The number of benzene rings is 1. The molecule has 1 aromatic heterocycles. The number of halogens is 4. The summed E-state index contributed by atoms with van der Waals surface area (Å²) in [5.74, 6) is 1.81. The van der Waals surface area contributed by atoms with E-state index >= 15 is 0 Å². The van der Waals surface area contributed by atoms with Gasteiger partial charge < -0.3 is 20.1 Å². The molecule has 156 valence electrons. The first-order valence-electron chi connectivity index (χ1n) is 8.04. The van der Waals surface area contributed by atoms with Crippen LogP contribution in [-0.2, 0) is 19.1 Å². The highest BCUT2D eigenvalue weighted by molar-refractivity contribution is 14.0. The molecule has 1 heterocycles. The molecule has 1 aromatic carbocycles. The molecule has 0 bridgehead atoms. The zero-order chi connectivity index (χ0) is 19.9. The number of nitrogens with one attached hydrogen (secondary N) is 2. The average Bonchev–Trinajstić information content (AvgIpc) is 3.13. The molecule has 11 heteroatoms. The van der Waals surface area contributed by atoms with Crippen molar-refractivity contribution in [2.75, 3.05) is 27.8 Å². The highest BCUT2D eigenvalue weighted by Gasteiger charge is 2.33. The Hall–Kier alpha value is -1.76. The van der Waals surface area contributed by atoms with E-state index in [1.807, 2.05) is 18.2 Å². The SMILES string of the molecule is CN=C(NCCc1nc(C(F)(F)F)cs1)NCc1ccc(OC)c(OC)c1.I. The van der Waals surface area contributed by atoms with Crippen molar-refractivity contribution in [3.63, 3.8) is 0 Å². The smallest absolute Gasteiger partial charge is 0.434 e. The van der Waals surface area contributed by atoms with E-state index in [2.05, 4.69) is 20.6 Å². The Bertz CT molecular complexity index is 784. The Labute approximate surface area is 182 Å². The van der Waals surface area contributed by atoms with E-state index in [1.54, 1.807) is 21.3 Å². The van der Waals surface area contributed by atoms with Crippen LogP contribution in [0.2, 0.25) is 0 Å². The van der Waals surface area contributed by atoms with Crippen molar-refractivity contribution in [1.29, 1.82) is 0 Å². The molecule has 28 heavy (non-hydrogen) atoms. The Balaban J connectivity index is 0.00000392. The molecule has 2 N–H and O–H groups in total. The fraction of sp³-hybridized carbons (Fsp3) is 0.412. The quantitative estimate of drug-likeness (QED) is 0.325. The topological polar surface area (TPSA) is 67.8 Å². The number of hydrogen-bond acceptors (Lipinski definition) is 5. The molecule has 0 unspecified atom stereocenters. The lowest BCUT2D eigenvalue weighted by Gasteiger charge is -2.13. The molecule has 0 aliphatic carbocycles. The Morgan fingerprint density at radius 1 is 1.18 bits per heavy atom. The highest BCUT2D eigenvalue weighted by atomic mass is 127. The largest absolute Gasteiger partial charge is 0.493 e. The minimum atomic E-state index is -4.40. The van der Waals surface area contributed by atoms with Crippen LogP contribution in [0, 0.1) is 0 Å². The first-order chi connectivity index (χ1) is 12.9. The lowest BCUT2D eigenvalue weighted by molar-refractivity contribution is -0.140. The Morgan fingerprint density at radius 2 is 1.89 bits per heavy atom. The third-order valence-electron chi connectivity index (χ3n) is 3.61. The van der Waals surface area contributed by atoms with Gasteiger partial charge in [-0.2, -0.15) is 13.2 Å². The summed E-state index contributed by atoms with van der Waals surface area (Å²) in [6.45, 7) is 0.909. The number of nitrogens with zero attached hydrogens (tertiary/aromatic N) is 2. The molecule has 2 rings (SSSR count). The number of thiazole rings is 1. The maximum absolute atomic E-state index is 12.6. The van der Waals surface area contributed by atoms with Crippen molar-refractivity contribution in [2.45, 2.75) is 19.1 Å². The van der Waals surface area contributed by atoms with E-state index in [4.69, 9.17) is 9.47 Å². The molecule has 2 aromatic rings. The van der Waals surface area contributed by atoms with E-state index in [1.165, 1.54) is 0 Å². The second kappa shape index (κ2) is 11.3. The molecule has 0 amide bonds. The summed E-state index contributed by atoms with van der Waals surface area (Å²) < 4.78 is 48.1. The van der Waals surface area contributed by atoms with Gasteiger partial charge in [0.1, 0.15) is 0 Å². The van der Waals surface area contributed by atoms with Gasteiger partial charge in [0.25, 0.3) is 0 Å². The van der Waals surface area contributed by atoms with Crippen LogP contribution in [0.5, 0.6) is 11.5 Å². The van der Waals surface area contributed by atoms with E-state index in [-0.39, 0.29) is 24.0 Å². The molecular weight excluding hydrogens is 508 g/mol. The van der Waals surface area contributed by atoms with Crippen LogP contribution in [0.4, 0.5) is 13.2 Å². The number of aromatic nitrogens is 1. The minimum absolute atomic E-state index is 0. The van der Waals surface area contributed by atoms with Crippen molar-refractivity contribution in [3.8, 4) is 11.5 Å². The third-order valence-corrected chi connectivity index (χ3v) is 4.51. The number of guanidine groups is 1. The summed E-state index contributed by atoms with van der Waals surface area (Å²) in [4.78, 5) is 7.70. The van der Waals surface area contributed by atoms with Crippen LogP contribution in [0.25, 0.3) is 0 Å². The molecule has 0 radical (unpaired) electrons. The summed E-state index contributed by atoms with van der Waals surface area (Å²) >= 11 is 0.996. The number of ether oxygens (including phenoxy) is 2. The van der Waals surface area contributed by atoms with E-state index in [0.29, 0.717) is 42.0 Å². The first kappa shape index (κ1) is 24.3. The Kier molecular flexibility index (Phi) is 9.79. The van der Waals surface area contributed by atoms with Gasteiger partial charge in [-0.25, -0.2) is 4.98 Å². The molecule has 6 nitrogen and oxygen atoms in total. The number of alkyl halides is 3. The fourth-order valence-corrected chi connectivity index (χ4v) is 3.05. The molecule has 0 aliphatic heterocycles. The van der Waals surface area contributed by atoms with Gasteiger partial charge >= 0.3 is 6.18 Å². The van der Waals surface area contributed by atoms with Crippen LogP contribution in [-0.4, -0.2) is 38.8 Å². The minimum Gasteiger partial charge on any atom is -0.493 e. The van der Waals surface area contributed by atoms with Crippen molar-refractivity contribution >= 4 is 41.3 Å². The molecule has 0 saturated carbocycles. The predicted octanol–water partition coefficient (Wildman–Crippen LogP) is 3.70. The molecular formula is C17H22F3IN4O2S. The monoisotopic (exact) mass is 530 g/mol. The lowest BCUT2D eigenvalue weighted by Crippen LogP contribution is -2.37. The van der Waals surface area contributed by atoms with Gasteiger partial charge in [0.05, 0.1) is 19.2 Å². The van der Waals surface area contributed by atoms with E-state index < -0.39 is 11.9 Å². The molecule has 0 saturated heterocycles. The highest BCUT2D eigenvalue weighted by Crippen LogP contribution is 2.30. The summed E-state index contributed by atoms with van der Waals surface area (Å²) in [5.41, 5.74) is 0.115. The lowest BCUT2D eigenvalue weighted by atomic mass is 10.2. The maximum Gasteiger partial charge on any atom is 0.434 e. The van der Waals surface area contributed by atoms with E-state index in [0.717, 1.165) is 22.3 Å². The predicted molar refractivity (Wildman–Crippen MR) is 114 cm³/mol. The number of rotatable bonds is 7. The van der Waals surface area contributed by atoms with Crippen molar-refractivity contribution < 1.29 is 22.6 Å². The van der Waals surface area contributed by atoms with Gasteiger partial charge in [0.15, 0.2) is 23.2 Å². The molecule has 0 fully saturated rings. The van der Waals surface area contributed by atoms with Crippen molar-refractivity contribution in [2.24, 2.45) is 4.99 Å². The number of hydrogen-bond donors (Lipinski definition) is 2. The van der Waals surface area contributed by atoms with Gasteiger partial charge in [-0.3, -0.25) is 4.99 Å². The normalized spacial score (nSPS) is 11.6. The fourth-order valence-electron chi connectivity index (χ4n) is 2.24. The third kappa shape index (κ3) is 7.00. The summed E-state index contributed by atoms with van der Waals surface area (Å²) in [6, 6.07) is 5.57. The summed E-state index contributed by atoms with van der Waals surface area (Å²) in [7, 11) is 4.76. The van der Waals surface area contributed by atoms with Crippen LogP contribution < -0.4 is 20.1 Å². The van der Waals surface area contributed by atoms with Crippen LogP contribution in [0.3, 0.4) is 0 Å². The molecule has 0 aliphatic rings. The first-order valence-corrected chi connectivity index (χ1v) is 8.92. The van der Waals surface area contributed by atoms with Crippen molar-refractivity contribution in [1.82, 2.24) is 15.6 Å². The van der Waals surface area contributed by atoms with Gasteiger partial charge in [0.2, 0.25) is 0 Å². The second-order valence-electron chi connectivity index (χ2n) is 5.42. The van der Waals surface area contributed by atoms with Gasteiger partial charge in [0, 0.05) is 31.9 Å². The van der Waals surface area contributed by atoms with E-state index in [9.17, 15) is 13.2 Å². The molecule has 0 spiro atoms. The average molecular weight is 530 g/mol. The number of aliphatic imine (C=N–C) groups is 1. The number of methoxy groups -OCH3 is 2. The summed E-state index contributed by atoms with van der Waals surface area (Å²) in [5, 5.41) is 7.64. The maximum atomic E-state index is 12.6. The Morgan fingerprint density at radius 3 is 2.46 bits per heavy atom. The van der Waals surface area contributed by atoms with Gasteiger partial charge in [-0.1, -0.05) is 6.07 Å². The zero-order valence-corrected chi connectivity index (χ0v) is 18.7. The van der Waals surface area contributed by atoms with Crippen molar-refractivity contribution in [3.05, 3.63) is 39.8 Å². The zero-order valence-electron chi connectivity index (χ0n) is 15.6.